The van der Waals surface area contributed by atoms with Crippen LogP contribution >= 0.6 is 24.0 Å². The van der Waals surface area contributed by atoms with Gasteiger partial charge in [-0.05, 0) is 62.8 Å². The van der Waals surface area contributed by atoms with Crippen LogP contribution in [0.4, 0.5) is 5.69 Å². The molecule has 1 aromatic carbocycles. The van der Waals surface area contributed by atoms with Gasteiger partial charge in [0.15, 0.2) is 0 Å². The van der Waals surface area contributed by atoms with Gasteiger partial charge >= 0.3 is 0 Å². The molecule has 6 heteroatoms. The molecule has 1 aromatic rings. The van der Waals surface area contributed by atoms with E-state index in [0.29, 0.717) is 17.6 Å². The first kappa shape index (κ1) is 19.5. The zero-order valence-corrected chi connectivity index (χ0v) is 15.8. The molecule has 1 saturated carbocycles. The lowest BCUT2D eigenvalue weighted by Crippen LogP contribution is -2.45. The van der Waals surface area contributed by atoms with Crippen molar-refractivity contribution in [3.8, 4) is 0 Å². The number of nitrogens with zero attached hydrogens (tertiary/aromatic N) is 1. The van der Waals surface area contributed by atoms with E-state index in [1.165, 1.54) is 19.4 Å². The standard InChI is InChI=1S/C18H26ClN3O.ClH/c1-13-2-5-15(19)10-17(13)21-18(23)12-22-8-6-16(7-9-22)20-11-14-3-4-14;/h2,5,10,14,16,20H,3-4,6-9,11-12H2,1H3,(H,21,23);1H. The van der Waals surface area contributed by atoms with E-state index in [1.54, 1.807) is 0 Å². The number of likely N-dealkylation sites (tertiary alicyclic amines) is 1. The van der Waals surface area contributed by atoms with Gasteiger partial charge in [-0.15, -0.1) is 12.4 Å². The van der Waals surface area contributed by atoms with Crippen LogP contribution in [0.25, 0.3) is 0 Å². The van der Waals surface area contributed by atoms with Crippen molar-refractivity contribution in [2.24, 2.45) is 5.92 Å². The van der Waals surface area contributed by atoms with Gasteiger partial charge in [0.1, 0.15) is 0 Å². The summed E-state index contributed by atoms with van der Waals surface area (Å²) in [6, 6.07) is 6.20. The minimum atomic E-state index is 0. The van der Waals surface area contributed by atoms with Crippen LogP contribution in [0.3, 0.4) is 0 Å². The molecular weight excluding hydrogens is 345 g/mol. The van der Waals surface area contributed by atoms with Crippen molar-refractivity contribution in [2.45, 2.75) is 38.6 Å². The number of rotatable bonds is 6. The zero-order valence-electron chi connectivity index (χ0n) is 14.2. The van der Waals surface area contributed by atoms with E-state index >= 15 is 0 Å². The highest BCUT2D eigenvalue weighted by atomic mass is 35.5. The van der Waals surface area contributed by atoms with Crippen LogP contribution in [0, 0.1) is 12.8 Å². The maximum absolute atomic E-state index is 12.2. The van der Waals surface area contributed by atoms with Gasteiger partial charge in [0.05, 0.1) is 6.54 Å². The van der Waals surface area contributed by atoms with Crippen LogP contribution in [0.15, 0.2) is 18.2 Å². The second-order valence-corrected chi connectivity index (χ2v) is 7.35. The summed E-state index contributed by atoms with van der Waals surface area (Å²) in [5, 5.41) is 7.29. The van der Waals surface area contributed by atoms with Crippen LogP contribution in [0.2, 0.25) is 5.02 Å². The molecule has 2 aliphatic rings. The molecule has 1 amide bonds. The average molecular weight is 372 g/mol. The van der Waals surface area contributed by atoms with Crippen LogP contribution in [-0.4, -0.2) is 43.0 Å². The molecule has 0 unspecified atom stereocenters. The van der Waals surface area contributed by atoms with Crippen molar-refractivity contribution in [3.63, 3.8) is 0 Å². The maximum atomic E-state index is 12.2. The Bertz CT molecular complexity index is 555. The number of benzene rings is 1. The first-order chi connectivity index (χ1) is 11.1. The van der Waals surface area contributed by atoms with Gasteiger partial charge in [0, 0.05) is 29.8 Å². The van der Waals surface area contributed by atoms with E-state index < -0.39 is 0 Å². The first-order valence-electron chi connectivity index (χ1n) is 8.62. The largest absolute Gasteiger partial charge is 0.325 e. The molecule has 0 bridgehead atoms. The molecule has 2 N–H and O–H groups in total. The quantitative estimate of drug-likeness (QED) is 0.804. The topological polar surface area (TPSA) is 44.4 Å². The van der Waals surface area contributed by atoms with Crippen LogP contribution in [0.1, 0.15) is 31.2 Å². The predicted molar refractivity (Wildman–Crippen MR) is 102 cm³/mol. The number of hydrogen-bond donors (Lipinski definition) is 2. The van der Waals surface area contributed by atoms with Gasteiger partial charge in [-0.25, -0.2) is 0 Å². The Labute approximate surface area is 155 Å². The van der Waals surface area contributed by atoms with E-state index in [9.17, 15) is 4.79 Å². The highest BCUT2D eigenvalue weighted by molar-refractivity contribution is 6.31. The van der Waals surface area contributed by atoms with Gasteiger partial charge in [-0.3, -0.25) is 9.69 Å². The molecule has 1 saturated heterocycles. The summed E-state index contributed by atoms with van der Waals surface area (Å²) < 4.78 is 0. The summed E-state index contributed by atoms with van der Waals surface area (Å²) >= 11 is 6.00. The van der Waals surface area contributed by atoms with E-state index in [0.717, 1.165) is 43.1 Å². The Hall–Kier alpha value is -0.810. The van der Waals surface area contributed by atoms with E-state index in [1.807, 2.05) is 25.1 Å². The normalized spacial score (nSPS) is 18.9. The Morgan fingerprint density at radius 1 is 1.25 bits per heavy atom. The summed E-state index contributed by atoms with van der Waals surface area (Å²) in [6.45, 7) is 5.60. The SMILES string of the molecule is Cc1ccc(Cl)cc1NC(=O)CN1CCC(NCC2CC2)CC1.Cl. The molecule has 4 nitrogen and oxygen atoms in total. The van der Waals surface area contributed by atoms with Crippen molar-refractivity contribution in [2.75, 3.05) is 31.5 Å². The number of anilines is 1. The lowest BCUT2D eigenvalue weighted by molar-refractivity contribution is -0.117. The number of carbonyl (C=O) groups is 1. The Morgan fingerprint density at radius 3 is 2.62 bits per heavy atom. The van der Waals surface area contributed by atoms with Gasteiger partial charge < -0.3 is 10.6 Å². The van der Waals surface area contributed by atoms with Crippen molar-refractivity contribution in [1.29, 1.82) is 0 Å². The first-order valence-corrected chi connectivity index (χ1v) is 8.99. The highest BCUT2D eigenvalue weighted by Crippen LogP contribution is 2.28. The number of aryl methyl sites for hydroxylation is 1. The lowest BCUT2D eigenvalue weighted by Gasteiger charge is -2.32. The Kier molecular flexibility index (Phi) is 7.35. The van der Waals surface area contributed by atoms with Crippen molar-refractivity contribution in [3.05, 3.63) is 28.8 Å². The van der Waals surface area contributed by atoms with Gasteiger partial charge in [0.25, 0.3) is 0 Å². The number of halogens is 2. The molecule has 0 atom stereocenters. The third kappa shape index (κ3) is 5.92. The van der Waals surface area contributed by atoms with E-state index in [-0.39, 0.29) is 18.3 Å². The number of carbonyl (C=O) groups excluding carboxylic acids is 1. The fraction of sp³-hybridized carbons (Fsp3) is 0.611. The van der Waals surface area contributed by atoms with E-state index in [4.69, 9.17) is 11.6 Å². The highest BCUT2D eigenvalue weighted by Gasteiger charge is 2.25. The third-order valence-corrected chi connectivity index (χ3v) is 5.06. The molecule has 3 rings (SSSR count). The third-order valence-electron chi connectivity index (χ3n) is 4.82. The molecule has 134 valence electrons. The van der Waals surface area contributed by atoms with Crippen molar-refractivity contribution < 1.29 is 4.79 Å². The number of hydrogen-bond acceptors (Lipinski definition) is 3. The van der Waals surface area contributed by atoms with Gasteiger partial charge in [0.2, 0.25) is 5.91 Å². The smallest absolute Gasteiger partial charge is 0.238 e. The lowest BCUT2D eigenvalue weighted by atomic mass is 10.0. The molecule has 24 heavy (non-hydrogen) atoms. The molecule has 0 radical (unpaired) electrons. The molecule has 1 aliphatic carbocycles. The summed E-state index contributed by atoms with van der Waals surface area (Å²) in [5.74, 6) is 0.972. The number of nitrogens with one attached hydrogen (secondary N) is 2. The van der Waals surface area contributed by atoms with E-state index in [2.05, 4.69) is 15.5 Å². The van der Waals surface area contributed by atoms with Gasteiger partial charge in [-0.1, -0.05) is 17.7 Å². The summed E-state index contributed by atoms with van der Waals surface area (Å²) in [5.41, 5.74) is 1.84. The summed E-state index contributed by atoms with van der Waals surface area (Å²) in [4.78, 5) is 14.5. The monoisotopic (exact) mass is 371 g/mol. The fourth-order valence-electron chi connectivity index (χ4n) is 3.07. The summed E-state index contributed by atoms with van der Waals surface area (Å²) in [7, 11) is 0. The zero-order chi connectivity index (χ0) is 16.2. The maximum Gasteiger partial charge on any atom is 0.238 e. The molecular formula is C18H27Cl2N3O. The molecule has 0 aromatic heterocycles. The summed E-state index contributed by atoms with van der Waals surface area (Å²) in [6.07, 6.45) is 5.07. The van der Waals surface area contributed by atoms with Crippen molar-refractivity contribution >= 4 is 35.6 Å². The second kappa shape index (κ2) is 9.04. The second-order valence-electron chi connectivity index (χ2n) is 6.91. The molecule has 0 spiro atoms. The van der Waals surface area contributed by atoms with Crippen LogP contribution in [0.5, 0.6) is 0 Å². The predicted octanol–water partition coefficient (Wildman–Crippen LogP) is 3.47. The Balaban J connectivity index is 0.00000208. The number of piperidine rings is 1. The molecule has 1 heterocycles. The molecule has 1 aliphatic heterocycles. The fourth-order valence-corrected chi connectivity index (χ4v) is 3.24. The average Bonchev–Trinajstić information content (AvgIpc) is 3.34. The van der Waals surface area contributed by atoms with Crippen LogP contribution in [-0.2, 0) is 4.79 Å². The van der Waals surface area contributed by atoms with Crippen LogP contribution < -0.4 is 10.6 Å². The minimum Gasteiger partial charge on any atom is -0.325 e. The number of amides is 1. The molecule has 2 fully saturated rings. The van der Waals surface area contributed by atoms with Gasteiger partial charge in [-0.2, -0.15) is 0 Å². The minimum absolute atomic E-state index is 0. The van der Waals surface area contributed by atoms with Crippen molar-refractivity contribution in [1.82, 2.24) is 10.2 Å². The Morgan fingerprint density at radius 2 is 1.96 bits per heavy atom.